The predicted octanol–water partition coefficient (Wildman–Crippen LogP) is 6.61. The van der Waals surface area contributed by atoms with Gasteiger partial charge in [0, 0.05) is 23.5 Å². The zero-order valence-electron chi connectivity index (χ0n) is 18.4. The summed E-state index contributed by atoms with van der Waals surface area (Å²) >= 11 is 6.43. The number of ether oxygens (including phenoxy) is 1. The van der Waals surface area contributed by atoms with Crippen molar-refractivity contribution in [3.8, 4) is 0 Å². The number of hydrogen-bond acceptors (Lipinski definition) is 4. The number of nitrogens with two attached hydrogens (primary N) is 1. The van der Waals surface area contributed by atoms with Gasteiger partial charge in [0.2, 0.25) is 0 Å². The van der Waals surface area contributed by atoms with Gasteiger partial charge in [0.25, 0.3) is 0 Å². The van der Waals surface area contributed by atoms with Crippen LogP contribution < -0.4 is 5.73 Å². The van der Waals surface area contributed by atoms with Gasteiger partial charge >= 0.3 is 5.97 Å². The largest absolute Gasteiger partial charge is 0.466 e. The molecule has 0 atom stereocenters. The lowest BCUT2D eigenvalue weighted by Gasteiger charge is -2.18. The van der Waals surface area contributed by atoms with Crippen molar-refractivity contribution >= 4 is 46.7 Å². The minimum atomic E-state index is -0.431. The summed E-state index contributed by atoms with van der Waals surface area (Å²) in [6, 6.07) is 17.6. The predicted molar refractivity (Wildman–Crippen MR) is 134 cm³/mol. The number of hydrogen-bond donors (Lipinski definition) is 2. The average Bonchev–Trinajstić information content (AvgIpc) is 2.82. The lowest BCUT2D eigenvalue weighted by atomic mass is 9.87. The Balaban J connectivity index is 2.23. The third kappa shape index (κ3) is 5.57. The molecule has 3 aromatic rings. The molecule has 0 saturated carbocycles. The first-order valence-electron chi connectivity index (χ1n) is 10.3. The zero-order valence-corrected chi connectivity index (χ0v) is 19.1. The molecule has 0 saturated heterocycles. The second-order valence-electron chi connectivity index (χ2n) is 7.30. The van der Waals surface area contributed by atoms with Crippen molar-refractivity contribution in [2.75, 3.05) is 12.8 Å². The van der Waals surface area contributed by atoms with Crippen LogP contribution in [0.25, 0.3) is 17.2 Å². The molecule has 0 bridgehead atoms. The van der Waals surface area contributed by atoms with Gasteiger partial charge in [-0.1, -0.05) is 54.9 Å². The average molecular weight is 463 g/mol. The highest BCUT2D eigenvalue weighted by Gasteiger charge is 2.16. The SMILES string of the molecule is CC/C(=C(/c1ccc(/C=C/C(=O)OC)cc1)c1ccc(N)c(C=N)c1)c1ccc(F)cc1Cl. The molecule has 0 aromatic heterocycles. The number of halogens is 2. The summed E-state index contributed by atoms with van der Waals surface area (Å²) in [5.41, 5.74) is 12.3. The molecule has 3 N–H and O–H groups in total. The Bertz CT molecular complexity index is 1250. The van der Waals surface area contributed by atoms with Crippen molar-refractivity contribution in [3.63, 3.8) is 0 Å². The molecule has 4 nitrogen and oxygen atoms in total. The van der Waals surface area contributed by atoms with E-state index in [9.17, 15) is 9.18 Å². The number of allylic oxidation sites excluding steroid dienone is 1. The summed E-state index contributed by atoms with van der Waals surface area (Å²) in [5.74, 6) is -0.832. The van der Waals surface area contributed by atoms with E-state index in [0.29, 0.717) is 22.7 Å². The van der Waals surface area contributed by atoms with E-state index in [2.05, 4.69) is 4.74 Å². The molecule has 168 valence electrons. The fraction of sp³-hybridized carbons (Fsp3) is 0.111. The first-order valence-corrected chi connectivity index (χ1v) is 10.7. The summed E-state index contributed by atoms with van der Waals surface area (Å²) < 4.78 is 18.4. The highest BCUT2D eigenvalue weighted by Crippen LogP contribution is 2.38. The van der Waals surface area contributed by atoms with E-state index in [1.54, 1.807) is 18.2 Å². The van der Waals surface area contributed by atoms with Crippen molar-refractivity contribution < 1.29 is 13.9 Å². The lowest BCUT2D eigenvalue weighted by Crippen LogP contribution is -1.99. The van der Waals surface area contributed by atoms with Crippen LogP contribution in [0.15, 0.2) is 66.7 Å². The molecule has 33 heavy (non-hydrogen) atoms. The number of esters is 1. The first-order chi connectivity index (χ1) is 15.9. The highest BCUT2D eigenvalue weighted by molar-refractivity contribution is 6.32. The smallest absolute Gasteiger partial charge is 0.330 e. The van der Waals surface area contributed by atoms with Gasteiger partial charge in [-0.05, 0) is 70.2 Å². The summed E-state index contributed by atoms with van der Waals surface area (Å²) in [7, 11) is 1.33. The van der Waals surface area contributed by atoms with Crippen LogP contribution in [0.4, 0.5) is 10.1 Å². The van der Waals surface area contributed by atoms with Crippen LogP contribution in [0.1, 0.15) is 41.2 Å². The van der Waals surface area contributed by atoms with Gasteiger partial charge < -0.3 is 15.9 Å². The fourth-order valence-corrected chi connectivity index (χ4v) is 3.88. The van der Waals surface area contributed by atoms with E-state index >= 15 is 0 Å². The van der Waals surface area contributed by atoms with Crippen molar-refractivity contribution in [3.05, 3.63) is 105 Å². The van der Waals surface area contributed by atoms with Crippen LogP contribution in [0.2, 0.25) is 5.02 Å². The number of benzene rings is 3. The van der Waals surface area contributed by atoms with Gasteiger partial charge in [-0.2, -0.15) is 0 Å². The van der Waals surface area contributed by atoms with Gasteiger partial charge in [0.15, 0.2) is 0 Å². The maximum atomic E-state index is 13.7. The topological polar surface area (TPSA) is 76.2 Å². The molecule has 6 heteroatoms. The summed E-state index contributed by atoms with van der Waals surface area (Å²) in [6.45, 7) is 2.01. The minimum Gasteiger partial charge on any atom is -0.466 e. The summed E-state index contributed by atoms with van der Waals surface area (Å²) in [4.78, 5) is 11.4. The molecular weight excluding hydrogens is 439 g/mol. The molecule has 0 unspecified atom stereocenters. The first kappa shape index (κ1) is 24.0. The van der Waals surface area contributed by atoms with Crippen molar-refractivity contribution in [2.24, 2.45) is 0 Å². The zero-order chi connectivity index (χ0) is 24.0. The number of rotatable bonds is 7. The fourth-order valence-electron chi connectivity index (χ4n) is 3.60. The van der Waals surface area contributed by atoms with Crippen LogP contribution in [0.3, 0.4) is 0 Å². The number of carbonyl (C=O) groups excluding carboxylic acids is 1. The van der Waals surface area contributed by atoms with Gasteiger partial charge in [0.05, 0.1) is 12.1 Å². The molecule has 0 amide bonds. The molecule has 0 heterocycles. The Morgan fingerprint density at radius 2 is 1.79 bits per heavy atom. The van der Waals surface area contributed by atoms with E-state index in [1.165, 1.54) is 31.5 Å². The molecular formula is C27H24ClFN2O2. The Hall–Kier alpha value is -3.70. The normalized spacial score (nSPS) is 11.9. The molecule has 0 radical (unpaired) electrons. The van der Waals surface area contributed by atoms with Gasteiger partial charge in [-0.15, -0.1) is 0 Å². The summed E-state index contributed by atoms with van der Waals surface area (Å²) in [6.07, 6.45) is 4.88. The van der Waals surface area contributed by atoms with Gasteiger partial charge in [0.1, 0.15) is 5.82 Å². The lowest BCUT2D eigenvalue weighted by molar-refractivity contribution is -0.134. The monoisotopic (exact) mass is 462 g/mol. The van der Waals surface area contributed by atoms with Crippen LogP contribution in [0.5, 0.6) is 0 Å². The Morgan fingerprint density at radius 1 is 1.09 bits per heavy atom. The van der Waals surface area contributed by atoms with E-state index in [-0.39, 0.29) is 0 Å². The molecule has 0 spiro atoms. The Morgan fingerprint density at radius 3 is 2.39 bits per heavy atom. The van der Waals surface area contributed by atoms with Crippen molar-refractivity contribution in [1.82, 2.24) is 0 Å². The molecule has 3 rings (SSSR count). The minimum absolute atomic E-state index is 0.324. The highest BCUT2D eigenvalue weighted by atomic mass is 35.5. The quantitative estimate of drug-likeness (QED) is 0.136. The van der Waals surface area contributed by atoms with Gasteiger partial charge in [-0.25, -0.2) is 9.18 Å². The van der Waals surface area contributed by atoms with Crippen LogP contribution in [0, 0.1) is 11.2 Å². The maximum absolute atomic E-state index is 13.7. The summed E-state index contributed by atoms with van der Waals surface area (Å²) in [5, 5.41) is 8.02. The third-order valence-corrected chi connectivity index (χ3v) is 5.57. The Kier molecular flexibility index (Phi) is 7.80. The Labute approximate surface area is 197 Å². The molecule has 0 aliphatic rings. The van der Waals surface area contributed by atoms with Crippen LogP contribution in [-0.4, -0.2) is 19.3 Å². The standard InChI is InChI=1S/C27H24ClFN2O2/c1-3-22(23-11-10-21(29)15-24(23)28)27(19-9-12-25(31)20(14-19)16-30)18-7-4-17(5-8-18)6-13-26(32)33-2/h4-16,30H,3,31H2,1-2H3/b13-6+,27-22+,30-16?. The number of anilines is 1. The van der Waals surface area contributed by atoms with Crippen molar-refractivity contribution in [2.45, 2.75) is 13.3 Å². The molecule has 0 aliphatic heterocycles. The van der Waals surface area contributed by atoms with Gasteiger partial charge in [-0.3, -0.25) is 0 Å². The third-order valence-electron chi connectivity index (χ3n) is 5.25. The number of nitrogens with one attached hydrogen (secondary N) is 1. The maximum Gasteiger partial charge on any atom is 0.330 e. The number of carbonyl (C=O) groups is 1. The number of methoxy groups -OCH3 is 1. The van der Waals surface area contributed by atoms with E-state index in [1.807, 2.05) is 43.3 Å². The van der Waals surface area contributed by atoms with Crippen molar-refractivity contribution in [1.29, 1.82) is 5.41 Å². The molecule has 0 aliphatic carbocycles. The molecule has 0 fully saturated rings. The number of nitrogen functional groups attached to an aromatic ring is 1. The van der Waals surface area contributed by atoms with Crippen LogP contribution in [-0.2, 0) is 9.53 Å². The van der Waals surface area contributed by atoms with E-state index < -0.39 is 11.8 Å². The van der Waals surface area contributed by atoms with E-state index in [4.69, 9.17) is 22.7 Å². The van der Waals surface area contributed by atoms with E-state index in [0.717, 1.165) is 33.4 Å². The second kappa shape index (κ2) is 10.7. The second-order valence-corrected chi connectivity index (χ2v) is 7.71. The molecule has 3 aromatic carbocycles. The van der Waals surface area contributed by atoms with Crippen LogP contribution >= 0.6 is 11.6 Å².